The summed E-state index contributed by atoms with van der Waals surface area (Å²) in [7, 11) is -2.62. The lowest BCUT2D eigenvalue weighted by atomic mass is 10.1. The molecule has 160 valence electrons. The van der Waals surface area contributed by atoms with Gasteiger partial charge in [-0.25, -0.2) is 17.6 Å². The molecule has 0 radical (unpaired) electrons. The molecule has 0 bridgehead atoms. The summed E-state index contributed by atoms with van der Waals surface area (Å²) in [5.41, 5.74) is 0.729. The highest BCUT2D eigenvalue weighted by Crippen LogP contribution is 2.27. The zero-order chi connectivity index (χ0) is 22.1. The van der Waals surface area contributed by atoms with Crippen LogP contribution in [-0.4, -0.2) is 57.8 Å². The molecule has 0 atom stereocenters. The maximum Gasteiger partial charge on any atom is 0.339 e. The van der Waals surface area contributed by atoms with Crippen LogP contribution in [0.1, 0.15) is 27.6 Å². The first kappa shape index (κ1) is 22.4. The number of methoxy groups -OCH3 is 1. The number of hydrogen-bond donors (Lipinski definition) is 0. The molecule has 0 saturated carbocycles. The van der Waals surface area contributed by atoms with Gasteiger partial charge in [-0.1, -0.05) is 0 Å². The van der Waals surface area contributed by atoms with Crippen LogP contribution < -0.4 is 4.90 Å². The molecule has 0 aliphatic carbocycles. The van der Waals surface area contributed by atoms with E-state index >= 15 is 0 Å². The number of ketones is 1. The monoisotopic (exact) mass is 498 g/mol. The van der Waals surface area contributed by atoms with Crippen LogP contribution in [0.5, 0.6) is 0 Å². The van der Waals surface area contributed by atoms with Gasteiger partial charge in [0.05, 0.1) is 23.3 Å². The zero-order valence-corrected chi connectivity index (χ0v) is 18.8. The summed E-state index contributed by atoms with van der Waals surface area (Å²) in [6.45, 7) is 2.25. The van der Waals surface area contributed by atoms with Gasteiger partial charge in [-0.3, -0.25) is 4.79 Å². The Balaban J connectivity index is 1.77. The maximum absolute atomic E-state index is 14.4. The number of carbonyl (C=O) groups excluding carboxylic acids is 2. The molecular formula is C20H20BrFN2O5S. The highest BCUT2D eigenvalue weighted by atomic mass is 79.9. The topological polar surface area (TPSA) is 84.0 Å². The van der Waals surface area contributed by atoms with Gasteiger partial charge in [0.25, 0.3) is 0 Å². The average Bonchev–Trinajstić information content (AvgIpc) is 2.73. The van der Waals surface area contributed by atoms with E-state index < -0.39 is 21.8 Å². The van der Waals surface area contributed by atoms with E-state index in [2.05, 4.69) is 20.7 Å². The van der Waals surface area contributed by atoms with E-state index in [4.69, 9.17) is 0 Å². The van der Waals surface area contributed by atoms with Gasteiger partial charge in [-0.15, -0.1) is 0 Å². The fourth-order valence-electron chi connectivity index (χ4n) is 3.23. The van der Waals surface area contributed by atoms with Crippen LogP contribution in [0.15, 0.2) is 45.8 Å². The lowest BCUT2D eigenvalue weighted by Gasteiger charge is -2.35. The molecule has 1 saturated heterocycles. The third-order valence-corrected chi connectivity index (χ3v) is 7.50. The Kier molecular flexibility index (Phi) is 6.59. The number of piperazine rings is 1. The second kappa shape index (κ2) is 8.83. The molecule has 0 N–H and O–H groups in total. The predicted octanol–water partition coefficient (Wildman–Crippen LogP) is 3.09. The standard InChI is InChI=1S/C20H20BrFN2O5S/c1-13(25)14-3-6-19(18(22)11-14)23-7-9-24(10-8-23)30(27,28)15-4-5-17(21)16(12-15)20(26)29-2/h3-6,11-12H,7-10H2,1-2H3. The fourth-order valence-corrected chi connectivity index (χ4v) is 5.09. The van der Waals surface area contributed by atoms with Crippen molar-refractivity contribution < 1.29 is 27.1 Å². The summed E-state index contributed by atoms with van der Waals surface area (Å²) in [6, 6.07) is 8.46. The second-order valence-electron chi connectivity index (χ2n) is 6.75. The SMILES string of the molecule is COC(=O)c1cc(S(=O)(=O)N2CCN(c3ccc(C(C)=O)cc3F)CC2)ccc1Br. The van der Waals surface area contributed by atoms with E-state index in [1.807, 2.05) is 0 Å². The largest absolute Gasteiger partial charge is 0.465 e. The second-order valence-corrected chi connectivity index (χ2v) is 9.54. The fraction of sp³-hybridized carbons (Fsp3) is 0.300. The Morgan fingerprint density at radius 2 is 1.73 bits per heavy atom. The first-order chi connectivity index (χ1) is 14.1. The highest BCUT2D eigenvalue weighted by molar-refractivity contribution is 9.10. The molecule has 1 aliphatic rings. The minimum absolute atomic E-state index is 0.0171. The van der Waals surface area contributed by atoms with Gasteiger partial charge in [0.15, 0.2) is 5.78 Å². The number of esters is 1. The van der Waals surface area contributed by atoms with E-state index in [-0.39, 0.29) is 48.0 Å². The summed E-state index contributed by atoms with van der Waals surface area (Å²) < 4.78 is 46.9. The normalized spacial score (nSPS) is 15.1. The van der Waals surface area contributed by atoms with Crippen LogP contribution in [-0.2, 0) is 14.8 Å². The van der Waals surface area contributed by atoms with E-state index in [0.29, 0.717) is 10.2 Å². The van der Waals surface area contributed by atoms with Gasteiger partial charge in [0.1, 0.15) is 5.82 Å². The maximum atomic E-state index is 14.4. The Morgan fingerprint density at radius 3 is 2.30 bits per heavy atom. The number of sulfonamides is 1. The molecule has 7 nitrogen and oxygen atoms in total. The Bertz CT molecular complexity index is 1100. The van der Waals surface area contributed by atoms with Gasteiger partial charge >= 0.3 is 5.97 Å². The third-order valence-electron chi connectivity index (χ3n) is 4.91. The molecule has 30 heavy (non-hydrogen) atoms. The molecule has 2 aromatic rings. The van der Waals surface area contributed by atoms with Crippen LogP contribution in [0, 0.1) is 5.82 Å². The highest BCUT2D eigenvalue weighted by Gasteiger charge is 2.30. The van der Waals surface area contributed by atoms with Gasteiger partial charge in [-0.2, -0.15) is 4.31 Å². The molecule has 2 aromatic carbocycles. The summed E-state index contributed by atoms with van der Waals surface area (Å²) in [5, 5.41) is 0. The van der Waals surface area contributed by atoms with Crippen LogP contribution in [0.4, 0.5) is 10.1 Å². The lowest BCUT2D eigenvalue weighted by molar-refractivity contribution is 0.0599. The van der Waals surface area contributed by atoms with Gasteiger partial charge < -0.3 is 9.64 Å². The molecule has 1 aliphatic heterocycles. The summed E-state index contributed by atoms with van der Waals surface area (Å²) in [4.78, 5) is 25.0. The number of halogens is 2. The average molecular weight is 499 g/mol. The van der Waals surface area contributed by atoms with Crippen LogP contribution in [0.2, 0.25) is 0 Å². The number of rotatable bonds is 5. The summed E-state index contributed by atoms with van der Waals surface area (Å²) >= 11 is 3.22. The lowest BCUT2D eigenvalue weighted by Crippen LogP contribution is -2.49. The Hall–Kier alpha value is -2.30. The first-order valence-electron chi connectivity index (χ1n) is 9.08. The number of hydrogen-bond acceptors (Lipinski definition) is 6. The van der Waals surface area contributed by atoms with Crippen molar-refractivity contribution in [3.05, 3.63) is 57.8 Å². The van der Waals surface area contributed by atoms with Crippen molar-refractivity contribution in [1.82, 2.24) is 4.31 Å². The van der Waals surface area contributed by atoms with E-state index in [9.17, 15) is 22.4 Å². The third kappa shape index (κ3) is 4.40. The first-order valence-corrected chi connectivity index (χ1v) is 11.3. The van der Waals surface area contributed by atoms with Gasteiger partial charge in [0, 0.05) is 36.2 Å². The van der Waals surface area contributed by atoms with Crippen LogP contribution in [0.3, 0.4) is 0 Å². The van der Waals surface area contributed by atoms with Crippen molar-refractivity contribution >= 4 is 43.4 Å². The molecule has 1 heterocycles. The Labute approximate surface area is 182 Å². The molecule has 0 unspecified atom stereocenters. The summed E-state index contributed by atoms with van der Waals surface area (Å²) in [5.74, 6) is -1.39. The Morgan fingerprint density at radius 1 is 1.07 bits per heavy atom. The minimum atomic E-state index is -3.84. The molecular weight excluding hydrogens is 479 g/mol. The van der Waals surface area contributed by atoms with Crippen molar-refractivity contribution in [3.63, 3.8) is 0 Å². The van der Waals surface area contributed by atoms with Crippen LogP contribution >= 0.6 is 15.9 Å². The quantitative estimate of drug-likeness (QED) is 0.465. The van der Waals surface area contributed by atoms with Gasteiger partial charge in [0.2, 0.25) is 10.0 Å². The van der Waals surface area contributed by atoms with Crippen molar-refractivity contribution in [3.8, 4) is 0 Å². The molecule has 0 spiro atoms. The molecule has 10 heteroatoms. The predicted molar refractivity (Wildman–Crippen MR) is 113 cm³/mol. The smallest absolute Gasteiger partial charge is 0.339 e. The summed E-state index contributed by atoms with van der Waals surface area (Å²) in [6.07, 6.45) is 0. The van der Waals surface area contributed by atoms with Crippen LogP contribution in [0.25, 0.3) is 0 Å². The minimum Gasteiger partial charge on any atom is -0.465 e. The van der Waals surface area contributed by atoms with E-state index in [1.165, 1.54) is 48.7 Å². The number of Topliss-reactive ketones (excluding diaryl/α,β-unsaturated/α-hetero) is 1. The van der Waals surface area contributed by atoms with Crippen molar-refractivity contribution in [2.24, 2.45) is 0 Å². The number of nitrogens with zero attached hydrogens (tertiary/aromatic N) is 2. The molecule has 1 fully saturated rings. The molecule has 0 amide bonds. The molecule has 0 aromatic heterocycles. The van der Waals surface area contributed by atoms with Crippen molar-refractivity contribution in [1.29, 1.82) is 0 Å². The van der Waals surface area contributed by atoms with E-state index in [0.717, 1.165) is 0 Å². The zero-order valence-electron chi connectivity index (χ0n) is 16.4. The number of ether oxygens (including phenoxy) is 1. The van der Waals surface area contributed by atoms with E-state index in [1.54, 1.807) is 11.0 Å². The number of benzene rings is 2. The van der Waals surface area contributed by atoms with Crippen molar-refractivity contribution in [2.45, 2.75) is 11.8 Å². The van der Waals surface area contributed by atoms with Crippen molar-refractivity contribution in [2.75, 3.05) is 38.2 Å². The molecule has 3 rings (SSSR count). The number of anilines is 1. The van der Waals surface area contributed by atoms with Gasteiger partial charge in [-0.05, 0) is 59.3 Å². The number of carbonyl (C=O) groups is 2.